The lowest BCUT2D eigenvalue weighted by Crippen LogP contribution is -2.48. The van der Waals surface area contributed by atoms with E-state index in [9.17, 15) is 9.59 Å². The molecule has 1 fully saturated rings. The Balaban J connectivity index is 1.35. The predicted octanol–water partition coefficient (Wildman–Crippen LogP) is 5.65. The Morgan fingerprint density at radius 3 is 2.40 bits per heavy atom. The molecular weight excluding hydrogens is 505 g/mol. The zero-order valence-electron chi connectivity index (χ0n) is 19.4. The van der Waals surface area contributed by atoms with Gasteiger partial charge in [0.05, 0.1) is 23.2 Å². The summed E-state index contributed by atoms with van der Waals surface area (Å²) in [5.74, 6) is -0.575. The molecule has 1 aliphatic heterocycles. The van der Waals surface area contributed by atoms with Gasteiger partial charge in [0, 0.05) is 43.7 Å². The smallest absolute Gasteiger partial charge is 0.341 e. The minimum absolute atomic E-state index is 0.144. The van der Waals surface area contributed by atoms with Crippen molar-refractivity contribution in [3.63, 3.8) is 0 Å². The van der Waals surface area contributed by atoms with Gasteiger partial charge in [-0.25, -0.2) is 4.79 Å². The van der Waals surface area contributed by atoms with Crippen LogP contribution in [0.2, 0.25) is 10.0 Å². The van der Waals surface area contributed by atoms with Gasteiger partial charge in [0.15, 0.2) is 0 Å². The van der Waals surface area contributed by atoms with Crippen molar-refractivity contribution in [2.45, 2.75) is 13.5 Å². The molecule has 1 amide bonds. The third kappa shape index (κ3) is 6.63. The lowest BCUT2D eigenvalue weighted by Gasteiger charge is -2.34. The van der Waals surface area contributed by atoms with E-state index in [1.54, 1.807) is 6.92 Å². The van der Waals surface area contributed by atoms with E-state index in [0.717, 1.165) is 49.4 Å². The van der Waals surface area contributed by atoms with Gasteiger partial charge in [0.2, 0.25) is 5.91 Å². The van der Waals surface area contributed by atoms with Gasteiger partial charge >= 0.3 is 5.97 Å². The molecule has 1 aliphatic rings. The monoisotopic (exact) mass is 531 g/mol. The number of nitrogens with one attached hydrogen (secondary N) is 1. The first-order valence-electron chi connectivity index (χ1n) is 11.5. The SMILES string of the molecule is CCOC(=O)c1c(-c2ccccc2)csc1NC(=O)CN1CCN(Cc2ccc(Cl)c(Cl)c2)CC1. The van der Waals surface area contributed by atoms with Gasteiger partial charge in [0.25, 0.3) is 0 Å². The molecule has 0 bridgehead atoms. The third-order valence-electron chi connectivity index (χ3n) is 5.83. The number of piperazine rings is 1. The first-order chi connectivity index (χ1) is 16.9. The molecule has 4 rings (SSSR count). The van der Waals surface area contributed by atoms with E-state index in [-0.39, 0.29) is 19.1 Å². The summed E-state index contributed by atoms with van der Waals surface area (Å²) in [5.41, 5.74) is 3.19. The number of hydrogen-bond acceptors (Lipinski definition) is 6. The van der Waals surface area contributed by atoms with Crippen LogP contribution in [0.15, 0.2) is 53.9 Å². The maximum atomic E-state index is 12.9. The Hall–Kier alpha value is -2.42. The molecule has 2 heterocycles. The minimum atomic E-state index is -0.432. The van der Waals surface area contributed by atoms with Crippen molar-refractivity contribution in [3.8, 4) is 11.1 Å². The number of esters is 1. The molecule has 0 atom stereocenters. The fraction of sp³-hybridized carbons (Fsp3) is 0.308. The predicted molar refractivity (Wildman–Crippen MR) is 143 cm³/mol. The minimum Gasteiger partial charge on any atom is -0.462 e. The van der Waals surface area contributed by atoms with E-state index < -0.39 is 5.97 Å². The Labute approximate surface area is 219 Å². The topological polar surface area (TPSA) is 61.9 Å². The van der Waals surface area contributed by atoms with Crippen molar-refractivity contribution >= 4 is 51.4 Å². The molecule has 0 radical (unpaired) electrons. The molecule has 6 nitrogen and oxygen atoms in total. The van der Waals surface area contributed by atoms with Crippen molar-refractivity contribution in [3.05, 3.63) is 75.1 Å². The molecule has 2 aromatic carbocycles. The highest BCUT2D eigenvalue weighted by Gasteiger charge is 2.24. The Morgan fingerprint density at radius 2 is 1.71 bits per heavy atom. The highest BCUT2D eigenvalue weighted by molar-refractivity contribution is 7.15. The standard InChI is InChI=1S/C26H27Cl2N3O3S/c1-2-34-26(33)24-20(19-6-4-3-5-7-19)17-35-25(24)29-23(32)16-31-12-10-30(11-13-31)15-18-8-9-21(27)22(28)14-18/h3-9,14,17H,2,10-13,15-16H2,1H3,(H,29,32). The molecular formula is C26H27Cl2N3O3S. The second kappa shape index (κ2) is 12.0. The van der Waals surface area contributed by atoms with Crippen LogP contribution in [-0.4, -0.2) is 61.0 Å². The van der Waals surface area contributed by atoms with Crippen LogP contribution in [0.25, 0.3) is 11.1 Å². The van der Waals surface area contributed by atoms with Gasteiger partial charge in [0.1, 0.15) is 10.6 Å². The number of ether oxygens (including phenoxy) is 1. The first kappa shape index (κ1) is 25.7. The number of benzene rings is 2. The molecule has 0 spiro atoms. The Kier molecular flexibility index (Phi) is 8.81. The third-order valence-corrected chi connectivity index (χ3v) is 7.47. The van der Waals surface area contributed by atoms with Crippen molar-refractivity contribution in [1.82, 2.24) is 9.80 Å². The van der Waals surface area contributed by atoms with Crippen LogP contribution < -0.4 is 5.32 Å². The highest BCUT2D eigenvalue weighted by atomic mass is 35.5. The largest absolute Gasteiger partial charge is 0.462 e. The molecule has 9 heteroatoms. The number of rotatable bonds is 8. The maximum absolute atomic E-state index is 12.9. The molecule has 1 aromatic heterocycles. The number of carbonyl (C=O) groups is 2. The number of anilines is 1. The number of carbonyl (C=O) groups excluding carboxylic acids is 2. The van der Waals surface area contributed by atoms with E-state index >= 15 is 0 Å². The second-order valence-electron chi connectivity index (χ2n) is 8.29. The number of halogens is 2. The average Bonchev–Trinajstić information content (AvgIpc) is 3.27. The van der Waals surface area contributed by atoms with Crippen molar-refractivity contribution in [1.29, 1.82) is 0 Å². The Bertz CT molecular complexity index is 1180. The molecule has 35 heavy (non-hydrogen) atoms. The van der Waals surface area contributed by atoms with Crippen LogP contribution in [0.4, 0.5) is 5.00 Å². The number of amides is 1. The lowest BCUT2D eigenvalue weighted by molar-refractivity contribution is -0.117. The molecule has 1 saturated heterocycles. The highest BCUT2D eigenvalue weighted by Crippen LogP contribution is 2.36. The van der Waals surface area contributed by atoms with E-state index in [0.29, 0.717) is 20.6 Å². The summed E-state index contributed by atoms with van der Waals surface area (Å²) in [5, 5.41) is 6.47. The summed E-state index contributed by atoms with van der Waals surface area (Å²) >= 11 is 13.5. The van der Waals surface area contributed by atoms with E-state index in [1.165, 1.54) is 11.3 Å². The van der Waals surface area contributed by atoms with E-state index in [4.69, 9.17) is 27.9 Å². The van der Waals surface area contributed by atoms with Crippen LogP contribution in [0.1, 0.15) is 22.8 Å². The normalized spacial score (nSPS) is 14.6. The molecule has 0 saturated carbocycles. The summed E-state index contributed by atoms with van der Waals surface area (Å²) in [6.45, 7) is 6.34. The summed E-state index contributed by atoms with van der Waals surface area (Å²) in [7, 11) is 0. The summed E-state index contributed by atoms with van der Waals surface area (Å²) < 4.78 is 5.28. The lowest BCUT2D eigenvalue weighted by atomic mass is 10.0. The van der Waals surface area contributed by atoms with Crippen LogP contribution in [0.3, 0.4) is 0 Å². The molecule has 184 valence electrons. The van der Waals surface area contributed by atoms with E-state index in [2.05, 4.69) is 15.1 Å². The number of nitrogens with zero attached hydrogens (tertiary/aromatic N) is 2. The molecule has 3 aromatic rings. The van der Waals surface area contributed by atoms with Crippen molar-refractivity contribution < 1.29 is 14.3 Å². The average molecular weight is 532 g/mol. The van der Waals surface area contributed by atoms with Gasteiger partial charge < -0.3 is 10.1 Å². The van der Waals surface area contributed by atoms with Crippen LogP contribution in [0.5, 0.6) is 0 Å². The zero-order valence-corrected chi connectivity index (χ0v) is 21.8. The van der Waals surface area contributed by atoms with Gasteiger partial charge in [-0.3, -0.25) is 14.6 Å². The Morgan fingerprint density at radius 1 is 1.00 bits per heavy atom. The number of thiophene rings is 1. The molecule has 1 N–H and O–H groups in total. The van der Waals surface area contributed by atoms with Gasteiger partial charge in [-0.05, 0) is 30.2 Å². The summed E-state index contributed by atoms with van der Waals surface area (Å²) in [4.78, 5) is 30.0. The van der Waals surface area contributed by atoms with E-state index in [1.807, 2.05) is 53.9 Å². The zero-order chi connectivity index (χ0) is 24.8. The first-order valence-corrected chi connectivity index (χ1v) is 13.1. The fourth-order valence-corrected chi connectivity index (χ4v) is 5.35. The van der Waals surface area contributed by atoms with Gasteiger partial charge in [-0.15, -0.1) is 11.3 Å². The summed E-state index contributed by atoms with van der Waals surface area (Å²) in [6, 6.07) is 15.3. The maximum Gasteiger partial charge on any atom is 0.341 e. The number of hydrogen-bond donors (Lipinski definition) is 1. The summed E-state index contributed by atoms with van der Waals surface area (Å²) in [6.07, 6.45) is 0. The van der Waals surface area contributed by atoms with Crippen molar-refractivity contribution in [2.24, 2.45) is 0 Å². The quantitative estimate of drug-likeness (QED) is 0.380. The van der Waals surface area contributed by atoms with Crippen molar-refractivity contribution in [2.75, 3.05) is 44.6 Å². The van der Waals surface area contributed by atoms with Crippen LogP contribution in [-0.2, 0) is 16.1 Å². The van der Waals surface area contributed by atoms with Gasteiger partial charge in [-0.2, -0.15) is 0 Å². The fourth-order valence-electron chi connectivity index (χ4n) is 4.06. The van der Waals surface area contributed by atoms with Crippen LogP contribution in [0, 0.1) is 0 Å². The molecule has 0 aliphatic carbocycles. The second-order valence-corrected chi connectivity index (χ2v) is 9.98. The van der Waals surface area contributed by atoms with Crippen LogP contribution >= 0.6 is 34.5 Å². The molecule has 0 unspecified atom stereocenters. The van der Waals surface area contributed by atoms with Gasteiger partial charge in [-0.1, -0.05) is 59.6 Å².